The molecule has 0 heterocycles. The van der Waals surface area contributed by atoms with Crippen LogP contribution < -0.4 is 10.7 Å². The Kier molecular flexibility index (Phi) is 7.29. The molecule has 142 valence electrons. The van der Waals surface area contributed by atoms with Crippen LogP contribution in [0.25, 0.3) is 0 Å². The lowest BCUT2D eigenvalue weighted by atomic mass is 10.0. The summed E-state index contributed by atoms with van der Waals surface area (Å²) in [6.07, 6.45) is 2.08. The summed E-state index contributed by atoms with van der Waals surface area (Å²) in [6.45, 7) is 8.27. The van der Waals surface area contributed by atoms with Crippen molar-refractivity contribution >= 4 is 23.7 Å². The third-order valence-corrected chi connectivity index (χ3v) is 4.01. The summed E-state index contributed by atoms with van der Waals surface area (Å²) in [7, 11) is 0. The van der Waals surface area contributed by atoms with E-state index in [9.17, 15) is 9.59 Å². The highest BCUT2D eigenvalue weighted by Gasteiger charge is 2.07. The number of nitrogens with zero attached hydrogens (tertiary/aromatic N) is 1. The van der Waals surface area contributed by atoms with E-state index in [2.05, 4.69) is 41.8 Å². The van der Waals surface area contributed by atoms with Crippen LogP contribution in [-0.2, 0) is 4.79 Å². The summed E-state index contributed by atoms with van der Waals surface area (Å²) in [6, 6.07) is 14.8. The largest absolute Gasteiger partial charge is 0.326 e. The van der Waals surface area contributed by atoms with E-state index in [1.807, 2.05) is 26.0 Å². The van der Waals surface area contributed by atoms with Gasteiger partial charge in [-0.1, -0.05) is 52.0 Å². The average Bonchev–Trinajstić information content (AvgIpc) is 2.62. The van der Waals surface area contributed by atoms with Gasteiger partial charge < -0.3 is 5.32 Å². The fourth-order valence-electron chi connectivity index (χ4n) is 2.48. The van der Waals surface area contributed by atoms with Crippen molar-refractivity contribution in [2.75, 3.05) is 5.32 Å². The molecule has 2 aromatic rings. The van der Waals surface area contributed by atoms with Gasteiger partial charge in [-0.2, -0.15) is 5.10 Å². The topological polar surface area (TPSA) is 70.6 Å². The first-order valence-corrected chi connectivity index (χ1v) is 9.18. The summed E-state index contributed by atoms with van der Waals surface area (Å²) >= 11 is 0. The van der Waals surface area contributed by atoms with Crippen molar-refractivity contribution in [2.24, 2.45) is 11.0 Å². The lowest BCUT2D eigenvalue weighted by Crippen LogP contribution is -2.18. The van der Waals surface area contributed by atoms with E-state index in [0.29, 0.717) is 29.5 Å². The van der Waals surface area contributed by atoms with Gasteiger partial charge in [0.2, 0.25) is 5.91 Å². The molecule has 0 saturated heterocycles. The van der Waals surface area contributed by atoms with E-state index >= 15 is 0 Å². The number of hydrazone groups is 1. The third-order valence-electron chi connectivity index (χ3n) is 4.01. The third kappa shape index (κ3) is 6.70. The highest BCUT2D eigenvalue weighted by Crippen LogP contribution is 2.14. The molecular weight excluding hydrogens is 338 g/mol. The van der Waals surface area contributed by atoms with E-state index in [4.69, 9.17) is 0 Å². The average molecular weight is 365 g/mol. The maximum absolute atomic E-state index is 12.1. The second kappa shape index (κ2) is 9.67. The fourth-order valence-corrected chi connectivity index (χ4v) is 2.48. The first kappa shape index (κ1) is 20.4. The lowest BCUT2D eigenvalue weighted by molar-refractivity contribution is -0.116. The molecule has 0 radical (unpaired) electrons. The van der Waals surface area contributed by atoms with Gasteiger partial charge in [0.05, 0.1) is 6.21 Å². The van der Waals surface area contributed by atoms with E-state index in [1.54, 1.807) is 30.5 Å². The Labute approximate surface area is 160 Å². The van der Waals surface area contributed by atoms with Crippen LogP contribution in [0.15, 0.2) is 53.6 Å². The minimum absolute atomic E-state index is 0.0321. The van der Waals surface area contributed by atoms with Crippen LogP contribution in [0.4, 0.5) is 5.69 Å². The Morgan fingerprint density at radius 1 is 0.963 bits per heavy atom. The number of anilines is 1. The smallest absolute Gasteiger partial charge is 0.271 e. The van der Waals surface area contributed by atoms with Gasteiger partial charge in [0.25, 0.3) is 5.91 Å². The molecule has 0 atom stereocenters. The van der Waals surface area contributed by atoms with Gasteiger partial charge in [-0.25, -0.2) is 5.43 Å². The Bertz CT molecular complexity index is 791. The van der Waals surface area contributed by atoms with Crippen molar-refractivity contribution < 1.29 is 9.59 Å². The molecule has 0 saturated carbocycles. The van der Waals surface area contributed by atoms with Gasteiger partial charge in [0, 0.05) is 17.7 Å². The van der Waals surface area contributed by atoms with Crippen molar-refractivity contribution in [1.29, 1.82) is 0 Å². The molecule has 27 heavy (non-hydrogen) atoms. The maximum Gasteiger partial charge on any atom is 0.271 e. The number of nitrogens with one attached hydrogen (secondary N) is 2. The van der Waals surface area contributed by atoms with Crippen LogP contribution in [0.1, 0.15) is 61.5 Å². The molecule has 0 aliphatic rings. The van der Waals surface area contributed by atoms with Crippen molar-refractivity contribution in [2.45, 2.75) is 40.0 Å². The minimum Gasteiger partial charge on any atom is -0.326 e. The Morgan fingerprint density at radius 3 is 2.15 bits per heavy atom. The zero-order valence-electron chi connectivity index (χ0n) is 16.3. The molecule has 0 spiro atoms. The van der Waals surface area contributed by atoms with Crippen LogP contribution in [-0.4, -0.2) is 18.0 Å². The summed E-state index contributed by atoms with van der Waals surface area (Å²) in [5.74, 6) is 0.448. The number of hydrogen-bond acceptors (Lipinski definition) is 3. The molecule has 2 amide bonds. The zero-order valence-corrected chi connectivity index (χ0v) is 16.3. The maximum atomic E-state index is 12.1. The van der Waals surface area contributed by atoms with E-state index in [-0.39, 0.29) is 11.8 Å². The molecule has 2 aromatic carbocycles. The van der Waals surface area contributed by atoms with Gasteiger partial charge in [0.1, 0.15) is 0 Å². The summed E-state index contributed by atoms with van der Waals surface area (Å²) < 4.78 is 0. The Balaban J connectivity index is 1.89. The molecule has 0 unspecified atom stereocenters. The van der Waals surface area contributed by atoms with Crippen LogP contribution >= 0.6 is 0 Å². The predicted octanol–water partition coefficient (Wildman–Crippen LogP) is 4.56. The molecule has 0 fully saturated rings. The molecule has 5 nitrogen and oxygen atoms in total. The van der Waals surface area contributed by atoms with E-state index < -0.39 is 0 Å². The Morgan fingerprint density at radius 2 is 1.59 bits per heavy atom. The van der Waals surface area contributed by atoms with Crippen molar-refractivity contribution in [1.82, 2.24) is 5.43 Å². The molecule has 0 aliphatic heterocycles. The van der Waals surface area contributed by atoms with Crippen LogP contribution in [0.5, 0.6) is 0 Å². The normalized spacial score (nSPS) is 11.2. The lowest BCUT2D eigenvalue weighted by Gasteiger charge is -2.07. The molecule has 0 aromatic heterocycles. The van der Waals surface area contributed by atoms with Crippen LogP contribution in [0.2, 0.25) is 0 Å². The van der Waals surface area contributed by atoms with Gasteiger partial charge in [0.15, 0.2) is 0 Å². The van der Waals surface area contributed by atoms with Crippen LogP contribution in [0, 0.1) is 5.92 Å². The number of hydrogen-bond donors (Lipinski definition) is 2. The number of amides is 2. The first-order chi connectivity index (χ1) is 12.8. The zero-order chi connectivity index (χ0) is 19.8. The van der Waals surface area contributed by atoms with Gasteiger partial charge >= 0.3 is 0 Å². The summed E-state index contributed by atoms with van der Waals surface area (Å²) in [5.41, 5.74) is 5.84. The van der Waals surface area contributed by atoms with E-state index in [1.165, 1.54) is 5.56 Å². The molecule has 0 bridgehead atoms. The number of rotatable bonds is 7. The monoisotopic (exact) mass is 365 g/mol. The minimum atomic E-state index is -0.301. The van der Waals surface area contributed by atoms with Crippen LogP contribution in [0.3, 0.4) is 0 Å². The fraction of sp³-hybridized carbons (Fsp3) is 0.318. The second-order valence-electron chi connectivity index (χ2n) is 7.24. The highest BCUT2D eigenvalue weighted by atomic mass is 16.2. The Hall–Kier alpha value is -2.95. The number of carbonyl (C=O) groups excluding carboxylic acids is 2. The van der Waals surface area contributed by atoms with Crippen molar-refractivity contribution in [3.05, 3.63) is 65.2 Å². The number of benzene rings is 2. The van der Waals surface area contributed by atoms with Gasteiger partial charge in [-0.3, -0.25) is 9.59 Å². The summed E-state index contributed by atoms with van der Waals surface area (Å²) in [4.78, 5) is 23.9. The summed E-state index contributed by atoms with van der Waals surface area (Å²) in [5, 5.41) is 6.82. The van der Waals surface area contributed by atoms with Gasteiger partial charge in [-0.05, 0) is 47.2 Å². The molecule has 0 aliphatic carbocycles. The first-order valence-electron chi connectivity index (χ1n) is 9.18. The molecule has 5 heteroatoms. The standard InChI is InChI=1S/C22H27N3O2/c1-15(2)13-21(26)24-20-11-9-19(10-12-20)22(27)25-23-14-17-5-7-18(8-6-17)16(3)4/h5-12,14-16H,13H2,1-4H3,(H,24,26)(H,25,27)/b23-14+. The molecule has 2 rings (SSSR count). The van der Waals surface area contributed by atoms with Crippen molar-refractivity contribution in [3.8, 4) is 0 Å². The quantitative estimate of drug-likeness (QED) is 0.558. The predicted molar refractivity (Wildman–Crippen MR) is 110 cm³/mol. The highest BCUT2D eigenvalue weighted by molar-refractivity contribution is 5.96. The SMILES string of the molecule is CC(C)CC(=O)Nc1ccc(C(=O)N/N=C/c2ccc(C(C)C)cc2)cc1. The van der Waals surface area contributed by atoms with Crippen molar-refractivity contribution in [3.63, 3.8) is 0 Å². The van der Waals surface area contributed by atoms with Gasteiger partial charge in [-0.15, -0.1) is 0 Å². The van der Waals surface area contributed by atoms with E-state index in [0.717, 1.165) is 5.56 Å². The molecular formula is C22H27N3O2. The number of carbonyl (C=O) groups is 2. The second-order valence-corrected chi connectivity index (χ2v) is 7.24. The molecule has 2 N–H and O–H groups in total.